The zero-order chi connectivity index (χ0) is 26.2. The number of hydrogen-bond donors (Lipinski definition) is 0. The van der Waals surface area contributed by atoms with Crippen LogP contribution in [-0.4, -0.2) is 29.0 Å². The molecule has 2 heterocycles. The Morgan fingerprint density at radius 2 is 1.62 bits per heavy atom. The summed E-state index contributed by atoms with van der Waals surface area (Å²) in [4.78, 5) is 15.8. The van der Waals surface area contributed by atoms with Gasteiger partial charge in [0.15, 0.2) is 11.6 Å². The van der Waals surface area contributed by atoms with Crippen LogP contribution in [0.4, 0.5) is 22.0 Å². The van der Waals surface area contributed by atoms with E-state index >= 15 is 0 Å². The lowest BCUT2D eigenvalue weighted by molar-refractivity contribution is -0.137. The molecule has 2 saturated heterocycles. The molecule has 2 aliphatic heterocycles. The van der Waals surface area contributed by atoms with E-state index in [0.717, 1.165) is 42.7 Å². The smallest absolute Gasteiger partial charge is 0.416 e. The van der Waals surface area contributed by atoms with Gasteiger partial charge in [0.25, 0.3) is 5.91 Å². The van der Waals surface area contributed by atoms with E-state index in [1.54, 1.807) is 12.1 Å². The van der Waals surface area contributed by atoms with Crippen molar-refractivity contribution in [1.82, 2.24) is 4.90 Å². The lowest BCUT2D eigenvalue weighted by Crippen LogP contribution is -2.49. The van der Waals surface area contributed by atoms with Crippen LogP contribution in [0.1, 0.15) is 47.2 Å². The first kappa shape index (κ1) is 25.6. The van der Waals surface area contributed by atoms with Crippen LogP contribution in [0.2, 0.25) is 0 Å². The molecule has 0 spiro atoms. The molecule has 0 N–H and O–H groups in total. The van der Waals surface area contributed by atoms with Crippen molar-refractivity contribution >= 4 is 17.7 Å². The predicted molar refractivity (Wildman–Crippen MR) is 130 cm³/mol. The van der Waals surface area contributed by atoms with Crippen LogP contribution in [0.15, 0.2) is 71.6 Å². The summed E-state index contributed by atoms with van der Waals surface area (Å²) in [5.74, 6) is -1.10. The Hall–Kier alpha value is -3.07. The Morgan fingerprint density at radius 1 is 0.919 bits per heavy atom. The fraction of sp³-hybridized carbons (Fsp3) is 0.321. The van der Waals surface area contributed by atoms with Gasteiger partial charge in [-0.3, -0.25) is 4.79 Å². The normalized spacial score (nSPS) is 21.2. The first-order valence-corrected chi connectivity index (χ1v) is 13.0. The van der Waals surface area contributed by atoms with E-state index in [4.69, 9.17) is 4.74 Å². The molecule has 1 amide bonds. The number of alkyl halides is 3. The van der Waals surface area contributed by atoms with Gasteiger partial charge in [-0.15, -0.1) is 11.8 Å². The average molecular weight is 534 g/mol. The lowest BCUT2D eigenvalue weighted by Gasteiger charge is -2.39. The minimum atomic E-state index is -4.43. The highest BCUT2D eigenvalue weighted by molar-refractivity contribution is 7.98. The van der Waals surface area contributed by atoms with E-state index in [0.29, 0.717) is 29.1 Å². The summed E-state index contributed by atoms with van der Waals surface area (Å²) < 4.78 is 71.5. The van der Waals surface area contributed by atoms with Gasteiger partial charge in [-0.2, -0.15) is 13.2 Å². The van der Waals surface area contributed by atoms with Gasteiger partial charge in [0.2, 0.25) is 0 Å². The summed E-state index contributed by atoms with van der Waals surface area (Å²) in [5, 5.41) is 0. The predicted octanol–water partition coefficient (Wildman–Crippen LogP) is 7.49. The van der Waals surface area contributed by atoms with Crippen molar-refractivity contribution in [1.29, 1.82) is 0 Å². The molecule has 3 nitrogen and oxygen atoms in total. The zero-order valence-corrected chi connectivity index (χ0v) is 20.5. The van der Waals surface area contributed by atoms with Gasteiger partial charge in [-0.1, -0.05) is 18.2 Å². The minimum absolute atomic E-state index is 0.0225. The van der Waals surface area contributed by atoms with Crippen molar-refractivity contribution in [3.63, 3.8) is 0 Å². The quantitative estimate of drug-likeness (QED) is 0.243. The monoisotopic (exact) mass is 533 g/mol. The van der Waals surface area contributed by atoms with E-state index in [2.05, 4.69) is 0 Å². The number of nitrogens with zero attached hydrogens (tertiary/aromatic N) is 1. The maximum atomic E-state index is 13.4. The maximum absolute atomic E-state index is 13.4. The standard InChI is InChI=1S/C28H24F5NO2S/c29-25-11-10-24(15-26(25)30)37-16-17-4-6-18(7-5-17)27(35)34-20-8-9-21(34)14-23(13-20)36-22-3-1-2-19(12-22)28(31,32)33/h1-7,10-12,15,20-21,23H,8-9,13-14,16H2/t20-,21-/m0/s1. The second-order valence-electron chi connectivity index (χ2n) is 9.40. The highest BCUT2D eigenvalue weighted by Gasteiger charge is 2.44. The van der Waals surface area contributed by atoms with Crippen molar-refractivity contribution in [3.05, 3.63) is 95.1 Å². The number of fused-ring (bicyclic) bond motifs is 2. The molecule has 2 fully saturated rings. The van der Waals surface area contributed by atoms with Crippen LogP contribution in [0.25, 0.3) is 0 Å². The summed E-state index contributed by atoms with van der Waals surface area (Å²) in [6.45, 7) is 0. The Kier molecular flexibility index (Phi) is 7.16. The second kappa shape index (κ2) is 10.4. The van der Waals surface area contributed by atoms with Gasteiger partial charge in [-0.25, -0.2) is 8.78 Å². The van der Waals surface area contributed by atoms with Gasteiger partial charge < -0.3 is 9.64 Å². The van der Waals surface area contributed by atoms with Crippen LogP contribution >= 0.6 is 11.8 Å². The first-order chi connectivity index (χ1) is 17.7. The molecule has 3 aromatic rings. The lowest BCUT2D eigenvalue weighted by atomic mass is 9.98. The third kappa shape index (κ3) is 5.76. The van der Waals surface area contributed by atoms with Gasteiger partial charge >= 0.3 is 6.18 Å². The Bertz CT molecular complexity index is 1270. The molecule has 0 aromatic heterocycles. The van der Waals surface area contributed by atoms with Gasteiger partial charge in [0.1, 0.15) is 11.9 Å². The maximum Gasteiger partial charge on any atom is 0.416 e. The molecule has 2 bridgehead atoms. The Labute approximate surface area is 215 Å². The van der Waals surface area contributed by atoms with Crippen molar-refractivity contribution in [2.45, 2.75) is 60.7 Å². The fourth-order valence-electron chi connectivity index (χ4n) is 5.12. The molecule has 0 radical (unpaired) electrons. The highest BCUT2D eigenvalue weighted by atomic mass is 32.2. The number of benzene rings is 3. The molecule has 2 aliphatic rings. The van der Waals surface area contributed by atoms with Crippen LogP contribution in [0, 0.1) is 11.6 Å². The van der Waals surface area contributed by atoms with Crippen LogP contribution in [-0.2, 0) is 11.9 Å². The Balaban J connectivity index is 1.19. The van der Waals surface area contributed by atoms with Crippen molar-refractivity contribution in [2.24, 2.45) is 0 Å². The third-order valence-electron chi connectivity index (χ3n) is 6.89. The molecule has 2 atom stereocenters. The van der Waals surface area contributed by atoms with Gasteiger partial charge in [0, 0.05) is 41.1 Å². The molecule has 5 rings (SSSR count). The van der Waals surface area contributed by atoms with Crippen molar-refractivity contribution in [3.8, 4) is 5.75 Å². The summed E-state index contributed by atoms with van der Waals surface area (Å²) in [6.07, 6.45) is -1.87. The van der Waals surface area contributed by atoms with E-state index in [9.17, 15) is 26.7 Å². The molecule has 0 aliphatic carbocycles. The van der Waals surface area contributed by atoms with Gasteiger partial charge in [0.05, 0.1) is 5.56 Å². The van der Waals surface area contributed by atoms with E-state index < -0.39 is 23.4 Å². The molecular weight excluding hydrogens is 509 g/mol. The summed E-state index contributed by atoms with van der Waals surface area (Å²) in [7, 11) is 0. The number of carbonyl (C=O) groups excluding carboxylic acids is 1. The first-order valence-electron chi connectivity index (χ1n) is 12.0. The number of hydrogen-bond acceptors (Lipinski definition) is 3. The summed E-state index contributed by atoms with van der Waals surface area (Å²) >= 11 is 1.37. The summed E-state index contributed by atoms with van der Waals surface area (Å²) in [6, 6.07) is 15.9. The zero-order valence-electron chi connectivity index (χ0n) is 19.7. The second-order valence-corrected chi connectivity index (χ2v) is 10.4. The van der Waals surface area contributed by atoms with E-state index in [1.807, 2.05) is 17.0 Å². The molecule has 9 heteroatoms. The van der Waals surface area contributed by atoms with Gasteiger partial charge in [-0.05, 0) is 66.9 Å². The number of rotatable bonds is 6. The third-order valence-corrected chi connectivity index (χ3v) is 7.95. The van der Waals surface area contributed by atoms with Crippen LogP contribution < -0.4 is 4.74 Å². The average Bonchev–Trinajstić information content (AvgIpc) is 3.14. The SMILES string of the molecule is O=C(c1ccc(CSc2ccc(F)c(F)c2)cc1)N1[C@H]2CC[C@H]1CC(Oc1cccc(C(F)(F)F)c1)C2. The van der Waals surface area contributed by atoms with Crippen LogP contribution in [0.5, 0.6) is 5.75 Å². The van der Waals surface area contributed by atoms with Crippen molar-refractivity contribution < 1.29 is 31.5 Å². The molecule has 37 heavy (non-hydrogen) atoms. The number of ether oxygens (including phenoxy) is 1. The molecule has 3 aromatic carbocycles. The molecule has 0 unspecified atom stereocenters. The molecule has 194 valence electrons. The largest absolute Gasteiger partial charge is 0.490 e. The van der Waals surface area contributed by atoms with Crippen molar-refractivity contribution in [2.75, 3.05) is 0 Å². The number of carbonyl (C=O) groups is 1. The van der Waals surface area contributed by atoms with E-state index in [1.165, 1.54) is 30.0 Å². The molecule has 0 saturated carbocycles. The topological polar surface area (TPSA) is 29.5 Å². The number of piperidine rings is 1. The highest BCUT2D eigenvalue weighted by Crippen LogP contribution is 2.39. The number of amides is 1. The van der Waals surface area contributed by atoms with E-state index in [-0.39, 0.29) is 29.8 Å². The fourth-order valence-corrected chi connectivity index (χ4v) is 6.00. The summed E-state index contributed by atoms with van der Waals surface area (Å²) in [5.41, 5.74) is 0.769. The Morgan fingerprint density at radius 3 is 2.27 bits per heavy atom. The number of thioether (sulfide) groups is 1. The molecular formula is C28H24F5NO2S. The number of halogens is 5. The van der Waals surface area contributed by atoms with Crippen LogP contribution in [0.3, 0.4) is 0 Å². The minimum Gasteiger partial charge on any atom is -0.490 e.